The number of carbonyl (C=O) groups excluding carboxylic acids is 1. The average Bonchev–Trinajstić information content (AvgIpc) is 3.28. The van der Waals surface area contributed by atoms with Crippen molar-refractivity contribution in [2.24, 2.45) is 0 Å². The Morgan fingerprint density at radius 3 is 2.38 bits per heavy atom. The molecule has 120 valence electrons. The van der Waals surface area contributed by atoms with Gasteiger partial charge in [-0.2, -0.15) is 5.10 Å². The van der Waals surface area contributed by atoms with Crippen molar-refractivity contribution in [2.75, 3.05) is 6.54 Å². The van der Waals surface area contributed by atoms with E-state index in [-0.39, 0.29) is 11.3 Å². The SMILES string of the molecule is O=C(NCC1(c2ccccc2)CC1)c1cc(-c2ccccc2)n[nH]1. The average molecular weight is 317 g/mol. The Balaban J connectivity index is 1.43. The van der Waals surface area contributed by atoms with Gasteiger partial charge in [0.2, 0.25) is 0 Å². The predicted molar refractivity (Wildman–Crippen MR) is 93.7 cm³/mol. The van der Waals surface area contributed by atoms with Crippen LogP contribution >= 0.6 is 0 Å². The van der Waals surface area contributed by atoms with Gasteiger partial charge in [0.1, 0.15) is 5.69 Å². The van der Waals surface area contributed by atoms with Gasteiger partial charge >= 0.3 is 0 Å². The van der Waals surface area contributed by atoms with Crippen LogP contribution in [0.15, 0.2) is 66.7 Å². The van der Waals surface area contributed by atoms with Gasteiger partial charge in [-0.25, -0.2) is 0 Å². The molecule has 1 aromatic heterocycles. The van der Waals surface area contributed by atoms with Gasteiger partial charge in [-0.05, 0) is 24.5 Å². The molecule has 4 rings (SSSR count). The number of hydrogen-bond acceptors (Lipinski definition) is 2. The van der Waals surface area contributed by atoms with Crippen molar-refractivity contribution < 1.29 is 4.79 Å². The number of rotatable bonds is 5. The lowest BCUT2D eigenvalue weighted by Gasteiger charge is -2.16. The molecular formula is C20H19N3O. The standard InChI is InChI=1S/C20H19N3O/c24-19(18-13-17(22-23-18)15-7-3-1-4-8-15)21-14-20(11-12-20)16-9-5-2-6-10-16/h1-10,13H,11-12,14H2,(H,21,24)(H,22,23). The smallest absolute Gasteiger partial charge is 0.269 e. The van der Waals surface area contributed by atoms with Crippen LogP contribution in [0.1, 0.15) is 28.9 Å². The Labute approximate surface area is 140 Å². The summed E-state index contributed by atoms with van der Waals surface area (Å²) < 4.78 is 0. The van der Waals surface area contributed by atoms with E-state index in [1.165, 1.54) is 5.56 Å². The molecule has 2 N–H and O–H groups in total. The van der Waals surface area contributed by atoms with E-state index in [0.29, 0.717) is 12.2 Å². The largest absolute Gasteiger partial charge is 0.350 e. The summed E-state index contributed by atoms with van der Waals surface area (Å²) in [6.45, 7) is 0.662. The maximum atomic E-state index is 12.4. The highest BCUT2D eigenvalue weighted by atomic mass is 16.1. The lowest BCUT2D eigenvalue weighted by Crippen LogP contribution is -2.32. The quantitative estimate of drug-likeness (QED) is 0.756. The van der Waals surface area contributed by atoms with Crippen molar-refractivity contribution >= 4 is 5.91 Å². The summed E-state index contributed by atoms with van der Waals surface area (Å²) in [5.74, 6) is -0.105. The van der Waals surface area contributed by atoms with Crippen LogP contribution in [-0.2, 0) is 5.41 Å². The summed E-state index contributed by atoms with van der Waals surface area (Å²) in [4.78, 5) is 12.4. The second-order valence-electron chi connectivity index (χ2n) is 6.36. The topological polar surface area (TPSA) is 57.8 Å². The van der Waals surface area contributed by atoms with E-state index in [1.54, 1.807) is 6.07 Å². The first kappa shape index (κ1) is 14.7. The minimum atomic E-state index is -0.105. The minimum absolute atomic E-state index is 0.105. The van der Waals surface area contributed by atoms with Gasteiger partial charge in [0, 0.05) is 17.5 Å². The van der Waals surface area contributed by atoms with Crippen LogP contribution in [0.4, 0.5) is 0 Å². The molecule has 0 atom stereocenters. The van der Waals surface area contributed by atoms with Crippen molar-refractivity contribution in [1.29, 1.82) is 0 Å². The minimum Gasteiger partial charge on any atom is -0.350 e. The second kappa shape index (κ2) is 5.96. The van der Waals surface area contributed by atoms with E-state index in [9.17, 15) is 4.79 Å². The van der Waals surface area contributed by atoms with Crippen LogP contribution in [0.3, 0.4) is 0 Å². The van der Waals surface area contributed by atoms with Gasteiger partial charge in [-0.15, -0.1) is 0 Å². The Kier molecular flexibility index (Phi) is 3.65. The maximum absolute atomic E-state index is 12.4. The number of benzene rings is 2. The third-order valence-electron chi connectivity index (χ3n) is 4.72. The molecule has 1 aliphatic rings. The predicted octanol–water partition coefficient (Wildman–Crippen LogP) is 3.54. The van der Waals surface area contributed by atoms with Crippen molar-refractivity contribution in [1.82, 2.24) is 15.5 Å². The molecule has 1 amide bonds. The number of H-pyrrole nitrogens is 1. The molecule has 3 aromatic rings. The monoisotopic (exact) mass is 317 g/mol. The molecule has 24 heavy (non-hydrogen) atoms. The van der Waals surface area contributed by atoms with Gasteiger partial charge in [-0.3, -0.25) is 9.89 Å². The zero-order chi connectivity index (χ0) is 16.4. The van der Waals surface area contributed by atoms with Gasteiger partial charge < -0.3 is 5.32 Å². The molecule has 4 nitrogen and oxygen atoms in total. The van der Waals surface area contributed by atoms with Crippen molar-refractivity contribution in [3.8, 4) is 11.3 Å². The van der Waals surface area contributed by atoms with Crippen LogP contribution < -0.4 is 5.32 Å². The van der Waals surface area contributed by atoms with Gasteiger partial charge in [0.25, 0.3) is 5.91 Å². The fourth-order valence-electron chi connectivity index (χ4n) is 3.05. The van der Waals surface area contributed by atoms with Crippen molar-refractivity contribution in [3.63, 3.8) is 0 Å². The van der Waals surface area contributed by atoms with Crippen LogP contribution in [0.25, 0.3) is 11.3 Å². The Morgan fingerprint density at radius 2 is 1.71 bits per heavy atom. The Hall–Kier alpha value is -2.88. The fraction of sp³-hybridized carbons (Fsp3) is 0.200. The molecule has 0 radical (unpaired) electrons. The first-order valence-corrected chi connectivity index (χ1v) is 8.21. The van der Waals surface area contributed by atoms with Crippen LogP contribution in [0.2, 0.25) is 0 Å². The summed E-state index contributed by atoms with van der Waals surface area (Å²) in [7, 11) is 0. The molecule has 0 unspecified atom stereocenters. The van der Waals surface area contributed by atoms with Crippen molar-refractivity contribution in [2.45, 2.75) is 18.3 Å². The summed E-state index contributed by atoms with van der Waals surface area (Å²) in [5, 5.41) is 10.1. The molecule has 0 bridgehead atoms. The Bertz CT molecular complexity index is 836. The summed E-state index contributed by atoms with van der Waals surface area (Å²) in [5.41, 5.74) is 3.69. The summed E-state index contributed by atoms with van der Waals surface area (Å²) in [6.07, 6.45) is 2.24. The zero-order valence-electron chi connectivity index (χ0n) is 13.3. The summed E-state index contributed by atoms with van der Waals surface area (Å²) in [6, 6.07) is 22.0. The summed E-state index contributed by atoms with van der Waals surface area (Å²) >= 11 is 0. The van der Waals surface area contributed by atoms with E-state index >= 15 is 0 Å². The highest BCUT2D eigenvalue weighted by Crippen LogP contribution is 2.47. The van der Waals surface area contributed by atoms with Crippen LogP contribution in [0.5, 0.6) is 0 Å². The first-order valence-electron chi connectivity index (χ1n) is 8.21. The first-order chi connectivity index (χ1) is 11.8. The number of amides is 1. The molecule has 2 aromatic carbocycles. The zero-order valence-corrected chi connectivity index (χ0v) is 13.3. The number of nitrogens with zero attached hydrogens (tertiary/aromatic N) is 1. The number of hydrogen-bond donors (Lipinski definition) is 2. The number of nitrogens with one attached hydrogen (secondary N) is 2. The molecule has 0 aliphatic heterocycles. The van der Waals surface area contributed by atoms with E-state index in [0.717, 1.165) is 24.1 Å². The fourth-order valence-corrected chi connectivity index (χ4v) is 3.05. The van der Waals surface area contributed by atoms with Gasteiger partial charge in [0.05, 0.1) is 5.69 Å². The molecular weight excluding hydrogens is 298 g/mol. The van der Waals surface area contributed by atoms with E-state index < -0.39 is 0 Å². The third kappa shape index (κ3) is 2.83. The van der Waals surface area contributed by atoms with Crippen molar-refractivity contribution in [3.05, 3.63) is 78.0 Å². The molecule has 1 saturated carbocycles. The highest BCUT2D eigenvalue weighted by molar-refractivity contribution is 5.93. The van der Waals surface area contributed by atoms with E-state index in [2.05, 4.69) is 39.8 Å². The molecule has 1 heterocycles. The van der Waals surface area contributed by atoms with Crippen LogP contribution in [-0.4, -0.2) is 22.6 Å². The Morgan fingerprint density at radius 1 is 1.04 bits per heavy atom. The molecule has 0 saturated heterocycles. The highest BCUT2D eigenvalue weighted by Gasteiger charge is 2.44. The lowest BCUT2D eigenvalue weighted by atomic mass is 9.96. The normalized spacial score (nSPS) is 15.0. The van der Waals surface area contributed by atoms with E-state index in [4.69, 9.17) is 0 Å². The molecule has 4 heteroatoms. The number of aromatic nitrogens is 2. The maximum Gasteiger partial charge on any atom is 0.269 e. The molecule has 0 spiro atoms. The lowest BCUT2D eigenvalue weighted by molar-refractivity contribution is 0.0944. The van der Waals surface area contributed by atoms with Gasteiger partial charge in [-0.1, -0.05) is 60.7 Å². The second-order valence-corrected chi connectivity index (χ2v) is 6.36. The molecule has 1 fully saturated rings. The number of carbonyl (C=O) groups is 1. The van der Waals surface area contributed by atoms with Gasteiger partial charge in [0.15, 0.2) is 0 Å². The van der Waals surface area contributed by atoms with Crippen LogP contribution in [0, 0.1) is 0 Å². The number of aromatic amines is 1. The third-order valence-corrected chi connectivity index (χ3v) is 4.72. The van der Waals surface area contributed by atoms with E-state index in [1.807, 2.05) is 36.4 Å². The molecule has 1 aliphatic carbocycles.